The summed E-state index contributed by atoms with van der Waals surface area (Å²) in [7, 11) is 2.15. The van der Waals surface area contributed by atoms with Crippen molar-refractivity contribution >= 4 is 11.6 Å². The van der Waals surface area contributed by atoms with Crippen LogP contribution in [-0.4, -0.2) is 30.0 Å². The maximum Gasteiger partial charge on any atom is 0.0665 e. The molecule has 1 aromatic heterocycles. The summed E-state index contributed by atoms with van der Waals surface area (Å²) in [4.78, 5) is 6.77. The smallest absolute Gasteiger partial charge is 0.0665 e. The summed E-state index contributed by atoms with van der Waals surface area (Å²) in [5, 5.41) is 0. The van der Waals surface area contributed by atoms with Crippen LogP contribution in [-0.2, 0) is 0 Å². The predicted molar refractivity (Wildman–Crippen MR) is 69.0 cm³/mol. The average Bonchev–Trinajstić information content (AvgIpc) is 2.31. The highest BCUT2D eigenvalue weighted by molar-refractivity contribution is 5.66. The van der Waals surface area contributed by atoms with Gasteiger partial charge in [0, 0.05) is 19.3 Å². The van der Waals surface area contributed by atoms with Crippen LogP contribution in [0.3, 0.4) is 0 Å². The van der Waals surface area contributed by atoms with Crippen molar-refractivity contribution < 1.29 is 0 Å². The van der Waals surface area contributed by atoms with Gasteiger partial charge in [-0.3, -0.25) is 4.98 Å². The zero-order chi connectivity index (χ0) is 11.4. The van der Waals surface area contributed by atoms with Crippen LogP contribution in [0.25, 0.3) is 11.6 Å². The van der Waals surface area contributed by atoms with E-state index in [0.717, 1.165) is 25.2 Å². The van der Waals surface area contributed by atoms with Crippen molar-refractivity contribution in [1.82, 2.24) is 9.88 Å². The highest BCUT2D eigenvalue weighted by Crippen LogP contribution is 2.20. The molecule has 84 valence electrons. The Morgan fingerprint density at radius 1 is 1.44 bits per heavy atom. The van der Waals surface area contributed by atoms with Gasteiger partial charge in [-0.15, -0.1) is 0 Å². The molecule has 0 unspecified atom stereocenters. The van der Waals surface area contributed by atoms with Crippen molar-refractivity contribution in [1.29, 1.82) is 0 Å². The van der Waals surface area contributed by atoms with Crippen molar-refractivity contribution in [2.75, 3.05) is 20.1 Å². The van der Waals surface area contributed by atoms with Crippen LogP contribution in [0.15, 0.2) is 30.5 Å². The summed E-state index contributed by atoms with van der Waals surface area (Å²) >= 11 is 0. The maximum atomic E-state index is 4.45. The molecule has 0 aromatic carbocycles. The number of allylic oxidation sites excluding steroid dienone is 1. The topological polar surface area (TPSA) is 16.1 Å². The first kappa shape index (κ1) is 11.1. The van der Waals surface area contributed by atoms with Crippen LogP contribution in [0.2, 0.25) is 0 Å². The zero-order valence-electron chi connectivity index (χ0n) is 9.98. The number of hydrogen-bond donors (Lipinski definition) is 0. The monoisotopic (exact) mass is 214 g/mol. The lowest BCUT2D eigenvalue weighted by atomic mass is 10.0. The molecule has 0 spiro atoms. The number of hydrogen-bond acceptors (Lipinski definition) is 2. The van der Waals surface area contributed by atoms with Gasteiger partial charge in [0.05, 0.1) is 5.69 Å². The van der Waals surface area contributed by atoms with Gasteiger partial charge in [0.15, 0.2) is 0 Å². The first-order valence-electron chi connectivity index (χ1n) is 5.76. The van der Waals surface area contributed by atoms with Crippen molar-refractivity contribution in [3.63, 3.8) is 0 Å². The van der Waals surface area contributed by atoms with Crippen LogP contribution in [0.4, 0.5) is 0 Å². The molecule has 0 aliphatic carbocycles. The molecule has 0 radical (unpaired) electrons. The van der Waals surface area contributed by atoms with Gasteiger partial charge >= 0.3 is 0 Å². The Kier molecular flexibility index (Phi) is 3.52. The number of likely N-dealkylation sites (N-methyl/N-ethyl adjacent to an activating group) is 1. The third-order valence-corrected chi connectivity index (χ3v) is 2.88. The molecule has 0 N–H and O–H groups in total. The third-order valence-electron chi connectivity index (χ3n) is 2.88. The SMILES string of the molecule is C/C=C\c1ccnc(C2=CCN(C)CC2)c1. The van der Waals surface area contributed by atoms with Gasteiger partial charge in [-0.25, -0.2) is 0 Å². The highest BCUT2D eigenvalue weighted by atomic mass is 15.1. The summed E-state index contributed by atoms with van der Waals surface area (Å²) in [5.74, 6) is 0. The Hall–Kier alpha value is -1.41. The second kappa shape index (κ2) is 5.08. The average molecular weight is 214 g/mol. The summed E-state index contributed by atoms with van der Waals surface area (Å²) < 4.78 is 0. The molecule has 0 atom stereocenters. The number of pyridine rings is 1. The maximum absolute atomic E-state index is 4.45. The Labute approximate surface area is 97.3 Å². The van der Waals surface area contributed by atoms with Crippen LogP contribution in [0.1, 0.15) is 24.6 Å². The van der Waals surface area contributed by atoms with Gasteiger partial charge < -0.3 is 4.90 Å². The molecule has 16 heavy (non-hydrogen) atoms. The molecule has 0 amide bonds. The summed E-state index contributed by atoms with van der Waals surface area (Å²) in [5.41, 5.74) is 3.74. The zero-order valence-corrected chi connectivity index (χ0v) is 9.98. The van der Waals surface area contributed by atoms with E-state index in [1.807, 2.05) is 19.2 Å². The van der Waals surface area contributed by atoms with Gasteiger partial charge in [0.1, 0.15) is 0 Å². The standard InChI is InChI=1S/C14H18N2/c1-3-4-12-5-8-15-14(11-12)13-6-9-16(2)10-7-13/h3-6,8,11H,7,9-10H2,1-2H3/b4-3-. The molecule has 2 nitrogen and oxygen atoms in total. The van der Waals surface area contributed by atoms with Crippen LogP contribution in [0, 0.1) is 0 Å². The lowest BCUT2D eigenvalue weighted by molar-refractivity contribution is 0.370. The van der Waals surface area contributed by atoms with E-state index < -0.39 is 0 Å². The lowest BCUT2D eigenvalue weighted by Gasteiger charge is -2.21. The third kappa shape index (κ3) is 2.58. The van der Waals surface area contributed by atoms with Crippen LogP contribution < -0.4 is 0 Å². The Morgan fingerprint density at radius 3 is 3.00 bits per heavy atom. The fourth-order valence-corrected chi connectivity index (χ4v) is 1.92. The predicted octanol–water partition coefficient (Wildman–Crippen LogP) is 2.83. The van der Waals surface area contributed by atoms with Crippen molar-refractivity contribution in [3.8, 4) is 0 Å². The molecule has 0 bridgehead atoms. The van der Waals surface area contributed by atoms with Crippen molar-refractivity contribution in [2.24, 2.45) is 0 Å². The molecular weight excluding hydrogens is 196 g/mol. The van der Waals surface area contributed by atoms with E-state index in [2.05, 4.69) is 41.2 Å². The van der Waals surface area contributed by atoms with E-state index in [1.54, 1.807) is 0 Å². The molecule has 1 aliphatic rings. The summed E-state index contributed by atoms with van der Waals surface area (Å²) in [6.45, 7) is 4.20. The Balaban J connectivity index is 2.23. The number of nitrogens with zero attached hydrogens (tertiary/aromatic N) is 2. The first-order chi connectivity index (χ1) is 7.79. The van der Waals surface area contributed by atoms with Crippen molar-refractivity contribution in [3.05, 3.63) is 41.7 Å². The molecule has 0 saturated heterocycles. The second-order valence-electron chi connectivity index (χ2n) is 4.22. The van der Waals surface area contributed by atoms with Crippen LogP contribution in [0.5, 0.6) is 0 Å². The number of aromatic nitrogens is 1. The summed E-state index contributed by atoms with van der Waals surface area (Å²) in [6.07, 6.45) is 9.45. The van der Waals surface area contributed by atoms with E-state index in [4.69, 9.17) is 0 Å². The minimum absolute atomic E-state index is 1.03. The molecule has 1 aliphatic heterocycles. The quantitative estimate of drug-likeness (QED) is 0.752. The summed E-state index contributed by atoms with van der Waals surface area (Å²) in [6, 6.07) is 4.20. The van der Waals surface area contributed by atoms with E-state index in [0.29, 0.717) is 0 Å². The molecule has 0 saturated carbocycles. The van der Waals surface area contributed by atoms with Gasteiger partial charge in [0.2, 0.25) is 0 Å². The van der Waals surface area contributed by atoms with Crippen LogP contribution >= 0.6 is 0 Å². The number of rotatable bonds is 2. The Morgan fingerprint density at radius 2 is 2.31 bits per heavy atom. The first-order valence-corrected chi connectivity index (χ1v) is 5.76. The minimum Gasteiger partial charge on any atom is -0.302 e. The minimum atomic E-state index is 1.03. The lowest BCUT2D eigenvalue weighted by Crippen LogP contribution is -2.23. The van der Waals surface area contributed by atoms with Gasteiger partial charge in [-0.05, 0) is 43.7 Å². The molecule has 1 aromatic rings. The fourth-order valence-electron chi connectivity index (χ4n) is 1.92. The normalized spacial score (nSPS) is 17.8. The molecular formula is C14H18N2. The van der Waals surface area contributed by atoms with Gasteiger partial charge in [0.25, 0.3) is 0 Å². The second-order valence-corrected chi connectivity index (χ2v) is 4.22. The van der Waals surface area contributed by atoms with E-state index >= 15 is 0 Å². The molecule has 2 rings (SSSR count). The van der Waals surface area contributed by atoms with E-state index in [-0.39, 0.29) is 0 Å². The van der Waals surface area contributed by atoms with Gasteiger partial charge in [-0.1, -0.05) is 18.2 Å². The van der Waals surface area contributed by atoms with Gasteiger partial charge in [-0.2, -0.15) is 0 Å². The highest BCUT2D eigenvalue weighted by Gasteiger charge is 2.10. The largest absolute Gasteiger partial charge is 0.302 e. The Bertz CT molecular complexity index is 418. The molecule has 2 heterocycles. The molecule has 2 heteroatoms. The van der Waals surface area contributed by atoms with Crippen molar-refractivity contribution in [2.45, 2.75) is 13.3 Å². The molecule has 0 fully saturated rings. The van der Waals surface area contributed by atoms with E-state index in [9.17, 15) is 0 Å². The fraction of sp³-hybridized carbons (Fsp3) is 0.357. The van der Waals surface area contributed by atoms with E-state index in [1.165, 1.54) is 11.1 Å².